The molecule has 1 aromatic carbocycles. The first-order valence-corrected chi connectivity index (χ1v) is 7.51. The van der Waals surface area contributed by atoms with Gasteiger partial charge in [-0.15, -0.1) is 0 Å². The molecule has 1 saturated heterocycles. The molecule has 0 spiro atoms. The molecular formula is C15H20ClNO3. The van der Waals surface area contributed by atoms with Crippen LogP contribution >= 0.6 is 11.6 Å². The van der Waals surface area contributed by atoms with Crippen LogP contribution in [-0.2, 0) is 11.3 Å². The van der Waals surface area contributed by atoms with Crippen molar-refractivity contribution in [1.29, 1.82) is 0 Å². The Morgan fingerprint density at radius 3 is 2.90 bits per heavy atom. The summed E-state index contributed by atoms with van der Waals surface area (Å²) < 4.78 is 16.1. The monoisotopic (exact) mass is 297 g/mol. The van der Waals surface area contributed by atoms with Crippen molar-refractivity contribution >= 4 is 11.6 Å². The first kappa shape index (κ1) is 14.0. The van der Waals surface area contributed by atoms with Crippen molar-refractivity contribution in [3.63, 3.8) is 0 Å². The lowest BCUT2D eigenvalue weighted by atomic mass is 9.93. The minimum atomic E-state index is 0.254. The molecule has 1 atom stereocenters. The van der Waals surface area contributed by atoms with Crippen molar-refractivity contribution in [2.75, 3.05) is 20.0 Å². The number of hydrogen-bond donors (Lipinski definition) is 1. The summed E-state index contributed by atoms with van der Waals surface area (Å²) in [7, 11) is 0. The van der Waals surface area contributed by atoms with Gasteiger partial charge in [-0.05, 0) is 43.4 Å². The molecule has 2 aliphatic heterocycles. The third-order valence-electron chi connectivity index (χ3n) is 4.09. The van der Waals surface area contributed by atoms with Gasteiger partial charge in [0.1, 0.15) is 0 Å². The van der Waals surface area contributed by atoms with Gasteiger partial charge in [0, 0.05) is 25.8 Å². The first-order valence-electron chi connectivity index (χ1n) is 7.13. The summed E-state index contributed by atoms with van der Waals surface area (Å²) in [6.45, 7) is 5.04. The van der Waals surface area contributed by atoms with Crippen LogP contribution in [-0.4, -0.2) is 26.0 Å². The average molecular weight is 298 g/mol. The fourth-order valence-electron chi connectivity index (χ4n) is 2.78. The lowest BCUT2D eigenvalue weighted by Crippen LogP contribution is -2.36. The largest absolute Gasteiger partial charge is 0.454 e. The van der Waals surface area contributed by atoms with Gasteiger partial charge in [0.05, 0.1) is 5.02 Å². The molecule has 4 nitrogen and oxygen atoms in total. The molecule has 3 rings (SSSR count). The van der Waals surface area contributed by atoms with Crippen molar-refractivity contribution < 1.29 is 14.2 Å². The summed E-state index contributed by atoms with van der Waals surface area (Å²) in [6.07, 6.45) is 2.27. The minimum Gasteiger partial charge on any atom is -0.454 e. The highest BCUT2D eigenvalue weighted by Gasteiger charge is 2.21. The van der Waals surface area contributed by atoms with Crippen molar-refractivity contribution in [3.8, 4) is 11.5 Å². The van der Waals surface area contributed by atoms with Gasteiger partial charge in [0.2, 0.25) is 6.79 Å². The number of fused-ring (bicyclic) bond motifs is 1. The molecule has 0 saturated carbocycles. The van der Waals surface area contributed by atoms with Crippen LogP contribution in [0.15, 0.2) is 12.1 Å². The Bertz CT molecular complexity index is 474. The molecule has 110 valence electrons. The van der Waals surface area contributed by atoms with Crippen LogP contribution in [0.5, 0.6) is 11.5 Å². The first-order chi connectivity index (χ1) is 9.74. The fraction of sp³-hybridized carbons (Fsp3) is 0.600. The Hall–Kier alpha value is -0.970. The molecule has 2 heterocycles. The maximum absolute atomic E-state index is 6.19. The Balaban J connectivity index is 1.59. The van der Waals surface area contributed by atoms with Crippen LogP contribution in [0.4, 0.5) is 0 Å². The quantitative estimate of drug-likeness (QED) is 0.927. The predicted octanol–water partition coefficient (Wildman–Crippen LogP) is 2.97. The molecule has 1 aromatic rings. The van der Waals surface area contributed by atoms with Crippen molar-refractivity contribution in [2.45, 2.75) is 32.4 Å². The molecule has 0 bridgehead atoms. The van der Waals surface area contributed by atoms with Crippen molar-refractivity contribution in [1.82, 2.24) is 5.32 Å². The lowest BCUT2D eigenvalue weighted by molar-refractivity contribution is 0.0558. The second-order valence-corrected chi connectivity index (χ2v) is 5.84. The number of benzene rings is 1. The van der Waals surface area contributed by atoms with E-state index < -0.39 is 0 Å². The summed E-state index contributed by atoms with van der Waals surface area (Å²) in [5, 5.41) is 4.20. The van der Waals surface area contributed by atoms with Gasteiger partial charge in [-0.2, -0.15) is 0 Å². The third kappa shape index (κ3) is 3.03. The van der Waals surface area contributed by atoms with E-state index in [0.29, 0.717) is 22.7 Å². The molecule has 1 unspecified atom stereocenters. The van der Waals surface area contributed by atoms with Gasteiger partial charge < -0.3 is 19.5 Å². The van der Waals surface area contributed by atoms with E-state index in [2.05, 4.69) is 12.2 Å². The number of halogens is 1. The predicted molar refractivity (Wildman–Crippen MR) is 77.4 cm³/mol. The summed E-state index contributed by atoms with van der Waals surface area (Å²) in [5.74, 6) is 2.09. The van der Waals surface area contributed by atoms with Gasteiger partial charge in [0.15, 0.2) is 11.5 Å². The van der Waals surface area contributed by atoms with Crippen molar-refractivity contribution in [2.24, 2.45) is 5.92 Å². The van der Waals surface area contributed by atoms with Crippen LogP contribution in [0.1, 0.15) is 25.3 Å². The maximum atomic E-state index is 6.19. The molecule has 5 heteroatoms. The van der Waals surface area contributed by atoms with E-state index in [4.69, 9.17) is 25.8 Å². The van der Waals surface area contributed by atoms with E-state index in [1.807, 2.05) is 12.1 Å². The van der Waals surface area contributed by atoms with E-state index >= 15 is 0 Å². The van der Waals surface area contributed by atoms with E-state index in [9.17, 15) is 0 Å². The van der Waals surface area contributed by atoms with Gasteiger partial charge in [0.25, 0.3) is 0 Å². The molecule has 0 aliphatic carbocycles. The Kier molecular flexibility index (Phi) is 4.34. The van der Waals surface area contributed by atoms with Gasteiger partial charge in [-0.3, -0.25) is 0 Å². The highest BCUT2D eigenvalue weighted by atomic mass is 35.5. The molecule has 2 aliphatic rings. The molecule has 1 fully saturated rings. The zero-order valence-electron chi connectivity index (χ0n) is 11.7. The number of hydrogen-bond acceptors (Lipinski definition) is 4. The number of rotatable bonds is 4. The van der Waals surface area contributed by atoms with E-state index in [0.717, 1.165) is 43.9 Å². The zero-order valence-corrected chi connectivity index (χ0v) is 12.4. The van der Waals surface area contributed by atoms with Crippen LogP contribution in [0.25, 0.3) is 0 Å². The fourth-order valence-corrected chi connectivity index (χ4v) is 3.07. The smallest absolute Gasteiger partial charge is 0.231 e. The van der Waals surface area contributed by atoms with Gasteiger partial charge in [-0.1, -0.05) is 11.6 Å². The molecule has 20 heavy (non-hydrogen) atoms. The summed E-state index contributed by atoms with van der Waals surface area (Å²) in [4.78, 5) is 0. The summed E-state index contributed by atoms with van der Waals surface area (Å²) >= 11 is 6.19. The molecule has 0 radical (unpaired) electrons. The molecule has 0 aromatic heterocycles. The van der Waals surface area contributed by atoms with Crippen LogP contribution in [0, 0.1) is 5.92 Å². The normalized spacial score (nSPS) is 20.1. The molecule has 0 amide bonds. The standard InChI is InChI=1S/C15H20ClNO3/c1-10(12-2-4-18-5-3-12)17-8-11-6-13(16)15-14(7-11)19-9-20-15/h6-7,10,12,17H,2-5,8-9H2,1H3. The Morgan fingerprint density at radius 1 is 1.30 bits per heavy atom. The minimum absolute atomic E-state index is 0.254. The second-order valence-electron chi connectivity index (χ2n) is 5.43. The van der Waals surface area contributed by atoms with Gasteiger partial charge >= 0.3 is 0 Å². The second kappa shape index (κ2) is 6.20. The van der Waals surface area contributed by atoms with Crippen LogP contribution < -0.4 is 14.8 Å². The summed E-state index contributed by atoms with van der Waals surface area (Å²) in [5.41, 5.74) is 1.12. The topological polar surface area (TPSA) is 39.7 Å². The van der Waals surface area contributed by atoms with E-state index in [1.165, 1.54) is 0 Å². The van der Waals surface area contributed by atoms with Crippen molar-refractivity contribution in [3.05, 3.63) is 22.7 Å². The number of ether oxygens (including phenoxy) is 3. The third-order valence-corrected chi connectivity index (χ3v) is 4.37. The summed E-state index contributed by atoms with van der Waals surface area (Å²) in [6, 6.07) is 4.42. The highest BCUT2D eigenvalue weighted by molar-refractivity contribution is 6.32. The highest BCUT2D eigenvalue weighted by Crippen LogP contribution is 2.39. The average Bonchev–Trinajstić information content (AvgIpc) is 2.94. The van der Waals surface area contributed by atoms with Crippen LogP contribution in [0.3, 0.4) is 0 Å². The Labute approximate surface area is 124 Å². The number of nitrogens with one attached hydrogen (secondary N) is 1. The SMILES string of the molecule is CC(NCc1cc(Cl)c2c(c1)OCO2)C1CCOCC1. The zero-order chi connectivity index (χ0) is 13.9. The van der Waals surface area contributed by atoms with Gasteiger partial charge in [-0.25, -0.2) is 0 Å². The molecular weight excluding hydrogens is 278 g/mol. The Morgan fingerprint density at radius 2 is 2.10 bits per heavy atom. The molecule has 1 N–H and O–H groups in total. The van der Waals surface area contributed by atoms with E-state index in [1.54, 1.807) is 0 Å². The lowest BCUT2D eigenvalue weighted by Gasteiger charge is -2.28. The van der Waals surface area contributed by atoms with Crippen LogP contribution in [0.2, 0.25) is 5.02 Å². The maximum Gasteiger partial charge on any atom is 0.231 e. The van der Waals surface area contributed by atoms with E-state index in [-0.39, 0.29) is 6.79 Å².